The lowest BCUT2D eigenvalue weighted by atomic mass is 9.67. The minimum atomic E-state index is -0.445. The second kappa shape index (κ2) is 12.0. The highest BCUT2D eigenvalue weighted by atomic mass is 14.9. The molecule has 0 N–H and O–H groups in total. The molecule has 0 spiro atoms. The lowest BCUT2D eigenvalue weighted by Crippen LogP contribution is -2.28. The monoisotopic (exact) mass is 624 g/mol. The zero-order valence-corrected chi connectivity index (χ0v) is 26.9. The lowest BCUT2D eigenvalue weighted by molar-refractivity contribution is 0.768. The van der Waals surface area contributed by atoms with Crippen LogP contribution in [0.2, 0.25) is 0 Å². The first-order valence-electron chi connectivity index (χ1n) is 16.8. The van der Waals surface area contributed by atoms with Crippen LogP contribution in [-0.2, 0) is 5.41 Å². The summed E-state index contributed by atoms with van der Waals surface area (Å²) in [6.07, 6.45) is 0. The highest BCUT2D eigenvalue weighted by Gasteiger charge is 2.46. The van der Waals surface area contributed by atoms with Crippen molar-refractivity contribution in [2.24, 2.45) is 0 Å². The van der Waals surface area contributed by atoms with E-state index in [0.29, 0.717) is 5.82 Å². The molecule has 9 rings (SSSR count). The fourth-order valence-corrected chi connectivity index (χ4v) is 7.65. The quantitative estimate of drug-likeness (QED) is 0.184. The Hall–Kier alpha value is -6.38. The Bertz CT molecular complexity index is 2320. The molecule has 1 aliphatic rings. The maximum Gasteiger partial charge on any atom is 0.160 e. The summed E-state index contributed by atoms with van der Waals surface area (Å²) in [7, 11) is 0. The van der Waals surface area contributed by atoms with E-state index in [9.17, 15) is 0 Å². The lowest BCUT2D eigenvalue weighted by Gasteiger charge is -2.34. The molecule has 0 saturated carbocycles. The Morgan fingerprint density at radius 3 is 1.39 bits per heavy atom. The first kappa shape index (κ1) is 28.8. The number of aromatic nitrogens is 2. The van der Waals surface area contributed by atoms with E-state index in [1.807, 2.05) is 12.1 Å². The van der Waals surface area contributed by atoms with Crippen LogP contribution in [0.3, 0.4) is 0 Å². The van der Waals surface area contributed by atoms with Crippen molar-refractivity contribution in [2.45, 2.75) is 5.41 Å². The molecule has 49 heavy (non-hydrogen) atoms. The number of rotatable bonds is 6. The van der Waals surface area contributed by atoms with Gasteiger partial charge in [-0.05, 0) is 56.6 Å². The van der Waals surface area contributed by atoms with Gasteiger partial charge >= 0.3 is 0 Å². The van der Waals surface area contributed by atoms with Gasteiger partial charge in [0.1, 0.15) is 0 Å². The number of hydrogen-bond acceptors (Lipinski definition) is 2. The number of fused-ring (bicyclic) bond motifs is 3. The molecule has 2 heteroatoms. The van der Waals surface area contributed by atoms with Crippen molar-refractivity contribution in [1.29, 1.82) is 0 Å². The molecule has 0 unspecified atom stereocenters. The predicted octanol–water partition coefficient (Wildman–Crippen LogP) is 11.5. The Balaban J connectivity index is 1.26. The highest BCUT2D eigenvalue weighted by Crippen LogP contribution is 2.58. The van der Waals surface area contributed by atoms with Gasteiger partial charge < -0.3 is 0 Å². The molecule has 7 aromatic carbocycles. The van der Waals surface area contributed by atoms with Crippen LogP contribution in [0.1, 0.15) is 22.3 Å². The topological polar surface area (TPSA) is 25.8 Å². The van der Waals surface area contributed by atoms with E-state index in [-0.39, 0.29) is 0 Å². The summed E-state index contributed by atoms with van der Waals surface area (Å²) >= 11 is 0. The van der Waals surface area contributed by atoms with E-state index in [2.05, 4.69) is 182 Å². The second-order valence-electron chi connectivity index (χ2n) is 12.5. The zero-order chi connectivity index (χ0) is 32.6. The Kier molecular flexibility index (Phi) is 7.06. The van der Waals surface area contributed by atoms with Gasteiger partial charge in [-0.15, -0.1) is 0 Å². The van der Waals surface area contributed by atoms with Crippen LogP contribution in [0, 0.1) is 0 Å². The van der Waals surface area contributed by atoms with Crippen LogP contribution in [0.15, 0.2) is 194 Å². The van der Waals surface area contributed by atoms with E-state index in [1.165, 1.54) is 38.9 Å². The third kappa shape index (κ3) is 4.80. The van der Waals surface area contributed by atoms with Gasteiger partial charge in [0.05, 0.1) is 16.8 Å². The molecule has 1 aromatic heterocycles. The van der Waals surface area contributed by atoms with E-state index in [4.69, 9.17) is 9.97 Å². The zero-order valence-electron chi connectivity index (χ0n) is 26.9. The van der Waals surface area contributed by atoms with Gasteiger partial charge in [0.15, 0.2) is 5.82 Å². The highest BCUT2D eigenvalue weighted by molar-refractivity contribution is 5.96. The fourth-order valence-electron chi connectivity index (χ4n) is 7.65. The van der Waals surface area contributed by atoms with Crippen LogP contribution in [0.5, 0.6) is 0 Å². The third-order valence-electron chi connectivity index (χ3n) is 9.78. The normalized spacial score (nSPS) is 12.7. The summed E-state index contributed by atoms with van der Waals surface area (Å²) < 4.78 is 0. The van der Waals surface area contributed by atoms with Crippen molar-refractivity contribution in [3.8, 4) is 56.2 Å². The van der Waals surface area contributed by atoms with Gasteiger partial charge in [-0.25, -0.2) is 9.97 Å². The summed E-state index contributed by atoms with van der Waals surface area (Å²) in [6.45, 7) is 0. The van der Waals surface area contributed by atoms with Crippen LogP contribution in [0.25, 0.3) is 56.2 Å². The summed E-state index contributed by atoms with van der Waals surface area (Å²) in [6, 6.07) is 69.2. The maximum absolute atomic E-state index is 5.13. The smallest absolute Gasteiger partial charge is 0.160 e. The maximum atomic E-state index is 5.13. The summed E-state index contributed by atoms with van der Waals surface area (Å²) in [4.78, 5) is 10.3. The Labute approximate surface area is 287 Å². The van der Waals surface area contributed by atoms with E-state index in [1.54, 1.807) is 0 Å². The van der Waals surface area contributed by atoms with Gasteiger partial charge in [-0.2, -0.15) is 0 Å². The number of nitrogens with zero attached hydrogens (tertiary/aromatic N) is 2. The molecule has 1 aliphatic carbocycles. The largest absolute Gasteiger partial charge is 0.228 e. The van der Waals surface area contributed by atoms with Crippen molar-refractivity contribution < 1.29 is 0 Å². The molecule has 1 heterocycles. The fraction of sp³-hybridized carbons (Fsp3) is 0.0213. The van der Waals surface area contributed by atoms with Gasteiger partial charge in [-0.1, -0.05) is 182 Å². The molecule has 0 atom stereocenters. The van der Waals surface area contributed by atoms with Crippen LogP contribution in [-0.4, -0.2) is 9.97 Å². The van der Waals surface area contributed by atoms with Crippen molar-refractivity contribution >= 4 is 0 Å². The van der Waals surface area contributed by atoms with Crippen molar-refractivity contribution in [2.75, 3.05) is 0 Å². The Morgan fingerprint density at radius 1 is 0.327 bits per heavy atom. The van der Waals surface area contributed by atoms with Crippen molar-refractivity contribution in [3.63, 3.8) is 0 Å². The minimum absolute atomic E-state index is 0.445. The van der Waals surface area contributed by atoms with Crippen molar-refractivity contribution in [3.05, 3.63) is 216 Å². The average Bonchev–Trinajstić information content (AvgIpc) is 3.50. The van der Waals surface area contributed by atoms with Gasteiger partial charge in [0.25, 0.3) is 0 Å². The minimum Gasteiger partial charge on any atom is -0.228 e. The molecule has 230 valence electrons. The average molecular weight is 625 g/mol. The molecule has 0 aliphatic heterocycles. The van der Waals surface area contributed by atoms with Crippen LogP contribution in [0.4, 0.5) is 0 Å². The summed E-state index contributed by atoms with van der Waals surface area (Å²) in [5.74, 6) is 0.706. The van der Waals surface area contributed by atoms with Crippen LogP contribution < -0.4 is 0 Å². The standard InChI is InChI=1S/C47H32N2/c1-5-17-33(18-6-1)43-32-44(34-19-7-2-8-20-34)49-46(48-43)36-22-15-21-35(31-36)39-28-16-30-42-45(39)40-27-13-14-29-41(40)47(42,37-23-9-3-10-24-37)38-25-11-4-12-26-38/h1-32H. The first-order valence-corrected chi connectivity index (χ1v) is 16.8. The van der Waals surface area contributed by atoms with Crippen molar-refractivity contribution in [1.82, 2.24) is 9.97 Å². The van der Waals surface area contributed by atoms with E-state index < -0.39 is 5.41 Å². The summed E-state index contributed by atoms with van der Waals surface area (Å²) in [5.41, 5.74) is 14.5. The molecule has 0 bridgehead atoms. The van der Waals surface area contributed by atoms with Gasteiger partial charge in [0.2, 0.25) is 0 Å². The van der Waals surface area contributed by atoms with E-state index >= 15 is 0 Å². The molecule has 0 radical (unpaired) electrons. The molecule has 8 aromatic rings. The third-order valence-corrected chi connectivity index (χ3v) is 9.78. The van der Waals surface area contributed by atoms with Gasteiger partial charge in [0, 0.05) is 16.7 Å². The molecule has 0 saturated heterocycles. The SMILES string of the molecule is c1ccc(-c2cc(-c3ccccc3)nc(-c3cccc(-c4cccc5c4-c4ccccc4C5(c4ccccc4)c4ccccc4)c3)n2)cc1. The van der Waals surface area contributed by atoms with Gasteiger partial charge in [-0.3, -0.25) is 0 Å². The molecular formula is C47H32N2. The number of benzene rings is 7. The first-order chi connectivity index (χ1) is 24.3. The van der Waals surface area contributed by atoms with E-state index in [0.717, 1.165) is 33.6 Å². The summed E-state index contributed by atoms with van der Waals surface area (Å²) in [5, 5.41) is 0. The molecule has 0 fully saturated rings. The molecule has 0 amide bonds. The second-order valence-corrected chi connectivity index (χ2v) is 12.5. The molecular weight excluding hydrogens is 593 g/mol. The predicted molar refractivity (Wildman–Crippen MR) is 201 cm³/mol. The van der Waals surface area contributed by atoms with Crippen LogP contribution >= 0.6 is 0 Å². The molecule has 2 nitrogen and oxygen atoms in total. The Morgan fingerprint density at radius 2 is 0.776 bits per heavy atom. The number of hydrogen-bond donors (Lipinski definition) is 0.